The van der Waals surface area contributed by atoms with Gasteiger partial charge in [0.05, 0.1) is 29.4 Å². The molecule has 0 aliphatic carbocycles. The van der Waals surface area contributed by atoms with Gasteiger partial charge in [-0.1, -0.05) is 34.5 Å². The first-order chi connectivity index (χ1) is 18.2. The molecule has 4 aromatic rings. The van der Waals surface area contributed by atoms with Gasteiger partial charge in [0.2, 0.25) is 0 Å². The lowest BCUT2D eigenvalue weighted by molar-refractivity contribution is -0.211. The van der Waals surface area contributed by atoms with Crippen LogP contribution in [0.2, 0.25) is 10.0 Å². The van der Waals surface area contributed by atoms with Crippen LogP contribution in [0.5, 0.6) is 0 Å². The second-order valence-electron chi connectivity index (χ2n) is 8.65. The highest BCUT2D eigenvalue weighted by atomic mass is 35.5. The molecule has 1 fully saturated rings. The molecule has 0 bridgehead atoms. The molecule has 2 aromatic heterocycles. The summed E-state index contributed by atoms with van der Waals surface area (Å²) in [5, 5.41) is 48.4. The molecule has 5 rings (SSSR count). The zero-order valence-corrected chi connectivity index (χ0v) is 20.7. The zero-order valence-electron chi connectivity index (χ0n) is 19.2. The van der Waals surface area contributed by atoms with E-state index < -0.39 is 54.5 Å². The number of aromatic nitrogens is 6. The summed E-state index contributed by atoms with van der Waals surface area (Å²) in [6, 6.07) is 5.30. The Balaban J connectivity index is 1.46. The summed E-state index contributed by atoms with van der Waals surface area (Å²) in [5.74, 6) is -4.28. The number of aliphatic hydroxyl groups excluding tert-OH is 3. The molecule has 5 atom stereocenters. The predicted octanol–water partition coefficient (Wildman–Crippen LogP) is 2.70. The van der Waals surface area contributed by atoms with E-state index in [0.29, 0.717) is 10.0 Å². The van der Waals surface area contributed by atoms with Crippen LogP contribution in [0.25, 0.3) is 11.3 Å². The Morgan fingerprint density at radius 2 is 1.71 bits per heavy atom. The molecule has 0 amide bonds. The molecule has 0 saturated carbocycles. The highest BCUT2D eigenvalue weighted by Crippen LogP contribution is 2.38. The maximum atomic E-state index is 13.7. The summed E-state index contributed by atoms with van der Waals surface area (Å²) in [4.78, 5) is 0. The predicted molar refractivity (Wildman–Crippen MR) is 127 cm³/mol. The van der Waals surface area contributed by atoms with E-state index in [1.807, 2.05) is 0 Å². The molecule has 0 spiro atoms. The van der Waals surface area contributed by atoms with Crippen LogP contribution in [-0.4, -0.2) is 70.0 Å². The zero-order chi connectivity index (χ0) is 27.1. The van der Waals surface area contributed by atoms with Crippen molar-refractivity contribution >= 4 is 23.2 Å². The maximum absolute atomic E-state index is 13.7. The molecule has 200 valence electrons. The molecule has 3 N–H and O–H groups in total. The smallest absolute Gasteiger partial charge is 0.194 e. The Kier molecular flexibility index (Phi) is 7.40. The van der Waals surface area contributed by atoms with Crippen LogP contribution in [0.4, 0.5) is 13.2 Å². The molecule has 0 unspecified atom stereocenters. The van der Waals surface area contributed by atoms with Crippen molar-refractivity contribution in [1.29, 1.82) is 0 Å². The molecule has 3 heterocycles. The Morgan fingerprint density at radius 1 is 0.974 bits per heavy atom. The Labute approximate surface area is 222 Å². The lowest BCUT2D eigenvalue weighted by Gasteiger charge is -2.41. The summed E-state index contributed by atoms with van der Waals surface area (Å²) in [6.07, 6.45) is -2.67. The molecule has 10 nitrogen and oxygen atoms in total. The van der Waals surface area contributed by atoms with E-state index in [1.165, 1.54) is 12.5 Å². The van der Waals surface area contributed by atoms with Gasteiger partial charge in [0, 0.05) is 5.56 Å². The molecule has 38 heavy (non-hydrogen) atoms. The van der Waals surface area contributed by atoms with E-state index in [-0.39, 0.29) is 23.6 Å². The van der Waals surface area contributed by atoms with Crippen LogP contribution in [0, 0.1) is 17.5 Å². The highest BCUT2D eigenvalue weighted by Gasteiger charge is 2.48. The summed E-state index contributed by atoms with van der Waals surface area (Å²) >= 11 is 12.1. The fourth-order valence-electron chi connectivity index (χ4n) is 4.33. The van der Waals surface area contributed by atoms with Crippen LogP contribution in [-0.2, 0) is 11.3 Å². The Morgan fingerprint density at radius 3 is 2.39 bits per heavy atom. The number of hydrogen-bond acceptors (Lipinski definition) is 8. The van der Waals surface area contributed by atoms with Crippen LogP contribution >= 0.6 is 23.2 Å². The number of rotatable bonds is 6. The number of ether oxygens (including phenoxy) is 1. The van der Waals surface area contributed by atoms with Crippen molar-refractivity contribution in [1.82, 2.24) is 29.8 Å². The van der Waals surface area contributed by atoms with Crippen molar-refractivity contribution in [3.63, 3.8) is 0 Å². The Bertz CT molecular complexity index is 1450. The quantitative estimate of drug-likeness (QED) is 0.301. The lowest BCUT2D eigenvalue weighted by Crippen LogP contribution is -2.53. The van der Waals surface area contributed by atoms with Crippen LogP contribution in [0.3, 0.4) is 0 Å². The SMILES string of the molecule is OC[C@H]1O[C@@H](c2nncn2Cc2ccc(Cl)c(Cl)c2)[C@H](O)[C@@H](n2cc(-c3cc(F)c(F)c(F)c3)nn2)[C@H]1O. The third-order valence-corrected chi connectivity index (χ3v) is 6.96. The minimum absolute atomic E-state index is 0.0476. The number of nitrogens with zero attached hydrogens (tertiary/aromatic N) is 6. The summed E-state index contributed by atoms with van der Waals surface area (Å²) in [5.41, 5.74) is 0.592. The molecule has 1 aliphatic rings. The van der Waals surface area contributed by atoms with Gasteiger partial charge in [0.1, 0.15) is 42.5 Å². The van der Waals surface area contributed by atoms with E-state index in [2.05, 4.69) is 20.5 Å². The van der Waals surface area contributed by atoms with Gasteiger partial charge in [-0.25, -0.2) is 17.9 Å². The second-order valence-corrected chi connectivity index (χ2v) is 9.47. The summed E-state index contributed by atoms with van der Waals surface area (Å²) in [7, 11) is 0. The normalized spacial score (nSPS) is 23.6. The van der Waals surface area contributed by atoms with Gasteiger partial charge in [0.25, 0.3) is 0 Å². The van der Waals surface area contributed by atoms with Gasteiger partial charge in [-0.2, -0.15) is 0 Å². The third-order valence-electron chi connectivity index (χ3n) is 6.22. The number of halogens is 5. The summed E-state index contributed by atoms with van der Waals surface area (Å²) in [6.45, 7) is -0.379. The molecule has 1 saturated heterocycles. The average molecular weight is 571 g/mol. The molecule has 15 heteroatoms. The van der Waals surface area contributed by atoms with E-state index in [0.717, 1.165) is 22.4 Å². The standard InChI is InChI=1S/C23H19Cl2F3N6O4/c24-12-2-1-10(3-13(12)25)6-33-9-29-31-23(33)22-21(37)19(20(36)17(8-35)38-22)34-7-16(30-32-34)11-4-14(26)18(28)15(27)5-11/h1-5,7,9,17,19-22,35-37H,6,8H2/t17-,19+,20+,21-,22-/m1/s1. The van der Waals surface area contributed by atoms with Gasteiger partial charge >= 0.3 is 0 Å². The first-order valence-corrected chi connectivity index (χ1v) is 11.9. The fourth-order valence-corrected chi connectivity index (χ4v) is 4.65. The lowest BCUT2D eigenvalue weighted by atomic mass is 9.92. The minimum Gasteiger partial charge on any atom is -0.394 e. The monoisotopic (exact) mass is 570 g/mol. The maximum Gasteiger partial charge on any atom is 0.194 e. The van der Waals surface area contributed by atoms with Gasteiger partial charge < -0.3 is 24.6 Å². The van der Waals surface area contributed by atoms with Crippen LogP contribution < -0.4 is 0 Å². The van der Waals surface area contributed by atoms with Gasteiger partial charge in [0.15, 0.2) is 23.3 Å². The average Bonchev–Trinajstić information content (AvgIpc) is 3.55. The highest BCUT2D eigenvalue weighted by molar-refractivity contribution is 6.42. The number of benzene rings is 2. The van der Waals surface area contributed by atoms with E-state index >= 15 is 0 Å². The van der Waals surface area contributed by atoms with Crippen molar-refractivity contribution in [2.24, 2.45) is 0 Å². The topological polar surface area (TPSA) is 131 Å². The van der Waals surface area contributed by atoms with Crippen molar-refractivity contribution in [3.8, 4) is 11.3 Å². The largest absolute Gasteiger partial charge is 0.394 e. The van der Waals surface area contributed by atoms with E-state index in [1.54, 1.807) is 22.8 Å². The summed E-state index contributed by atoms with van der Waals surface area (Å²) < 4.78 is 49.3. The van der Waals surface area contributed by atoms with Gasteiger partial charge in [-0.3, -0.25) is 0 Å². The first-order valence-electron chi connectivity index (χ1n) is 11.2. The number of aliphatic hydroxyl groups is 3. The van der Waals surface area contributed by atoms with Crippen LogP contribution in [0.15, 0.2) is 42.9 Å². The fraction of sp³-hybridized carbons (Fsp3) is 0.304. The first kappa shape index (κ1) is 26.5. The van der Waals surface area contributed by atoms with Crippen LogP contribution in [0.1, 0.15) is 23.5 Å². The van der Waals surface area contributed by atoms with Crippen molar-refractivity contribution in [2.45, 2.75) is 37.0 Å². The molecule has 1 aliphatic heterocycles. The van der Waals surface area contributed by atoms with Crippen molar-refractivity contribution < 1.29 is 33.2 Å². The molecular formula is C23H19Cl2F3N6O4. The molecular weight excluding hydrogens is 552 g/mol. The Hall–Kier alpha value is -3.07. The minimum atomic E-state index is -1.63. The van der Waals surface area contributed by atoms with E-state index in [4.69, 9.17) is 27.9 Å². The molecule has 0 radical (unpaired) electrons. The van der Waals surface area contributed by atoms with Crippen molar-refractivity contribution in [2.75, 3.05) is 6.61 Å². The third kappa shape index (κ3) is 4.88. The second kappa shape index (κ2) is 10.6. The number of hydrogen-bond donors (Lipinski definition) is 3. The van der Waals surface area contributed by atoms with Gasteiger partial charge in [-0.05, 0) is 29.8 Å². The van der Waals surface area contributed by atoms with E-state index in [9.17, 15) is 28.5 Å². The molecule has 2 aromatic carbocycles. The van der Waals surface area contributed by atoms with Gasteiger partial charge in [-0.15, -0.1) is 15.3 Å². The van der Waals surface area contributed by atoms with Crippen molar-refractivity contribution in [3.05, 3.63) is 81.7 Å².